The zero-order valence-electron chi connectivity index (χ0n) is 10.7. The Bertz CT molecular complexity index is 687. The molecule has 102 valence electrons. The average molecular weight is 280 g/mol. The molecule has 0 radical (unpaired) electrons. The first kappa shape index (κ1) is 12.4. The maximum Gasteiger partial charge on any atom is 0.211 e. The summed E-state index contributed by atoms with van der Waals surface area (Å²) in [4.78, 5) is 2.20. The molecule has 0 saturated carbocycles. The van der Waals surface area contributed by atoms with Crippen LogP contribution in [-0.4, -0.2) is 55.4 Å². The summed E-state index contributed by atoms with van der Waals surface area (Å²) in [6.07, 6.45) is 3.06. The topological polar surface area (TPSA) is 69.3 Å². The van der Waals surface area contributed by atoms with Crippen molar-refractivity contribution in [3.63, 3.8) is 0 Å². The quantitative estimate of drug-likeness (QED) is 0.876. The number of anilines is 1. The molecule has 0 spiro atoms. The van der Waals surface area contributed by atoms with Crippen LogP contribution in [0.3, 0.4) is 0 Å². The van der Waals surface area contributed by atoms with Crippen LogP contribution < -0.4 is 4.90 Å². The van der Waals surface area contributed by atoms with Gasteiger partial charge in [0.25, 0.3) is 0 Å². The summed E-state index contributed by atoms with van der Waals surface area (Å²) in [5.74, 6) is 0. The van der Waals surface area contributed by atoms with Gasteiger partial charge in [-0.05, 0) is 18.2 Å². The van der Waals surface area contributed by atoms with Gasteiger partial charge < -0.3 is 4.90 Å². The van der Waals surface area contributed by atoms with Gasteiger partial charge in [-0.2, -0.15) is 9.40 Å². The lowest BCUT2D eigenvalue weighted by molar-refractivity contribution is 0.388. The number of sulfonamides is 1. The molecule has 1 aromatic heterocycles. The lowest BCUT2D eigenvalue weighted by Gasteiger charge is -2.34. The van der Waals surface area contributed by atoms with Crippen LogP contribution in [0.2, 0.25) is 0 Å². The highest BCUT2D eigenvalue weighted by Gasteiger charge is 2.23. The van der Waals surface area contributed by atoms with Crippen LogP contribution in [0.5, 0.6) is 0 Å². The molecule has 2 heterocycles. The molecule has 0 bridgehead atoms. The Morgan fingerprint density at radius 3 is 2.63 bits per heavy atom. The van der Waals surface area contributed by atoms with Gasteiger partial charge in [0, 0.05) is 37.3 Å². The van der Waals surface area contributed by atoms with E-state index in [4.69, 9.17) is 0 Å². The summed E-state index contributed by atoms with van der Waals surface area (Å²) in [5.41, 5.74) is 2.13. The van der Waals surface area contributed by atoms with Crippen LogP contribution in [0.4, 0.5) is 5.69 Å². The maximum atomic E-state index is 11.5. The molecule has 2 aromatic rings. The molecule has 1 aliphatic rings. The minimum atomic E-state index is -3.07. The van der Waals surface area contributed by atoms with Crippen LogP contribution in [0.15, 0.2) is 24.4 Å². The maximum absolute atomic E-state index is 11.5. The fraction of sp³-hybridized carbons (Fsp3) is 0.417. The first-order chi connectivity index (χ1) is 9.04. The van der Waals surface area contributed by atoms with Crippen LogP contribution in [-0.2, 0) is 10.0 Å². The summed E-state index contributed by atoms with van der Waals surface area (Å²) in [5, 5.41) is 7.99. The highest BCUT2D eigenvalue weighted by molar-refractivity contribution is 7.88. The molecule has 7 heteroatoms. The van der Waals surface area contributed by atoms with Gasteiger partial charge in [0.15, 0.2) is 0 Å². The lowest BCUT2D eigenvalue weighted by atomic mass is 10.2. The summed E-state index contributed by atoms with van der Waals surface area (Å²) >= 11 is 0. The van der Waals surface area contributed by atoms with Gasteiger partial charge in [0.05, 0.1) is 18.0 Å². The minimum absolute atomic E-state index is 0.544. The number of nitrogens with zero attached hydrogens (tertiary/aromatic N) is 3. The molecule has 0 atom stereocenters. The van der Waals surface area contributed by atoms with Crippen molar-refractivity contribution in [2.45, 2.75) is 0 Å². The fourth-order valence-electron chi connectivity index (χ4n) is 2.40. The van der Waals surface area contributed by atoms with Crippen LogP contribution in [0, 0.1) is 0 Å². The molecule has 0 amide bonds. The molecule has 1 fully saturated rings. The number of aromatic nitrogens is 2. The van der Waals surface area contributed by atoms with E-state index in [9.17, 15) is 8.42 Å². The van der Waals surface area contributed by atoms with Crippen molar-refractivity contribution in [3.05, 3.63) is 24.4 Å². The minimum Gasteiger partial charge on any atom is -0.369 e. The molecule has 3 rings (SSSR count). The molecule has 0 unspecified atom stereocenters. The Hall–Kier alpha value is -1.60. The summed E-state index contributed by atoms with van der Waals surface area (Å²) in [7, 11) is -3.07. The third-order valence-corrected chi connectivity index (χ3v) is 4.80. The van der Waals surface area contributed by atoms with Crippen molar-refractivity contribution < 1.29 is 8.42 Å². The standard InChI is InChI=1S/C12H16N4O2S/c1-19(17,18)16-6-4-15(5-7-16)11-2-3-12-10(8-11)9-13-14-12/h2-3,8-9H,4-7H2,1H3,(H,13,14). The second-order valence-electron chi connectivity index (χ2n) is 4.79. The normalized spacial score (nSPS) is 18.1. The van der Waals surface area contributed by atoms with Gasteiger partial charge in [-0.25, -0.2) is 8.42 Å². The molecule has 1 aromatic carbocycles. The predicted octanol–water partition coefficient (Wildman–Crippen LogP) is 0.644. The Morgan fingerprint density at radius 2 is 1.95 bits per heavy atom. The van der Waals surface area contributed by atoms with Crippen LogP contribution >= 0.6 is 0 Å². The second-order valence-corrected chi connectivity index (χ2v) is 6.77. The first-order valence-corrected chi connectivity index (χ1v) is 8.02. The Labute approximate surface area is 112 Å². The van der Waals surface area contributed by atoms with E-state index in [0.717, 1.165) is 29.7 Å². The molecular weight excluding hydrogens is 264 g/mol. The van der Waals surface area contributed by atoms with Gasteiger partial charge in [0.2, 0.25) is 10.0 Å². The second kappa shape index (κ2) is 4.50. The van der Waals surface area contributed by atoms with Gasteiger partial charge in [-0.1, -0.05) is 0 Å². The van der Waals surface area contributed by atoms with Crippen molar-refractivity contribution in [3.8, 4) is 0 Å². The van der Waals surface area contributed by atoms with Crippen molar-refractivity contribution >= 4 is 26.6 Å². The van der Waals surface area contributed by atoms with E-state index in [2.05, 4.69) is 21.2 Å². The predicted molar refractivity (Wildman–Crippen MR) is 74.7 cm³/mol. The zero-order valence-corrected chi connectivity index (χ0v) is 11.5. The van der Waals surface area contributed by atoms with Gasteiger partial charge in [-0.15, -0.1) is 0 Å². The smallest absolute Gasteiger partial charge is 0.211 e. The highest BCUT2D eigenvalue weighted by Crippen LogP contribution is 2.22. The van der Waals surface area contributed by atoms with E-state index < -0.39 is 10.0 Å². The van der Waals surface area contributed by atoms with Crippen molar-refractivity contribution in [2.24, 2.45) is 0 Å². The Kier molecular flexibility index (Phi) is 2.94. The molecule has 0 aliphatic carbocycles. The van der Waals surface area contributed by atoms with Crippen LogP contribution in [0.1, 0.15) is 0 Å². The van der Waals surface area contributed by atoms with E-state index in [1.54, 1.807) is 6.20 Å². The Balaban J connectivity index is 1.77. The molecule has 1 saturated heterocycles. The third kappa shape index (κ3) is 2.43. The third-order valence-electron chi connectivity index (χ3n) is 3.50. The monoisotopic (exact) mass is 280 g/mol. The molecule has 1 aliphatic heterocycles. The van der Waals surface area contributed by atoms with E-state index in [0.29, 0.717) is 13.1 Å². The van der Waals surface area contributed by atoms with Gasteiger partial charge >= 0.3 is 0 Å². The van der Waals surface area contributed by atoms with Crippen molar-refractivity contribution in [1.82, 2.24) is 14.5 Å². The Morgan fingerprint density at radius 1 is 1.21 bits per heavy atom. The average Bonchev–Trinajstić information content (AvgIpc) is 2.85. The first-order valence-electron chi connectivity index (χ1n) is 6.17. The number of fused-ring (bicyclic) bond motifs is 1. The SMILES string of the molecule is CS(=O)(=O)N1CCN(c2ccc3[nH]ncc3c2)CC1. The van der Waals surface area contributed by atoms with Crippen LogP contribution in [0.25, 0.3) is 10.9 Å². The van der Waals surface area contributed by atoms with Gasteiger partial charge in [-0.3, -0.25) is 5.10 Å². The van der Waals surface area contributed by atoms with Crippen molar-refractivity contribution in [1.29, 1.82) is 0 Å². The fourth-order valence-corrected chi connectivity index (χ4v) is 3.23. The zero-order chi connectivity index (χ0) is 13.5. The molecule has 1 N–H and O–H groups in total. The summed E-state index contributed by atoms with van der Waals surface area (Å²) in [6.45, 7) is 2.53. The largest absolute Gasteiger partial charge is 0.369 e. The van der Waals surface area contributed by atoms with E-state index in [1.807, 2.05) is 12.1 Å². The number of rotatable bonds is 2. The number of aromatic amines is 1. The van der Waals surface area contributed by atoms with Crippen molar-refractivity contribution in [2.75, 3.05) is 37.3 Å². The highest BCUT2D eigenvalue weighted by atomic mass is 32.2. The number of hydrogen-bond acceptors (Lipinski definition) is 4. The number of hydrogen-bond donors (Lipinski definition) is 1. The number of benzene rings is 1. The van der Waals surface area contributed by atoms with Gasteiger partial charge in [0.1, 0.15) is 0 Å². The van der Waals surface area contributed by atoms with E-state index in [-0.39, 0.29) is 0 Å². The summed E-state index contributed by atoms with van der Waals surface area (Å²) < 4.78 is 24.5. The summed E-state index contributed by atoms with van der Waals surface area (Å²) in [6, 6.07) is 6.12. The number of nitrogens with one attached hydrogen (secondary N) is 1. The molecule has 19 heavy (non-hydrogen) atoms. The molecular formula is C12H16N4O2S. The number of H-pyrrole nitrogens is 1. The van der Waals surface area contributed by atoms with E-state index >= 15 is 0 Å². The lowest BCUT2D eigenvalue weighted by Crippen LogP contribution is -2.48. The molecule has 6 nitrogen and oxygen atoms in total. The number of piperazine rings is 1. The van der Waals surface area contributed by atoms with E-state index in [1.165, 1.54) is 10.6 Å².